The molecule has 0 aliphatic carbocycles. The van der Waals surface area contributed by atoms with E-state index >= 15 is 0 Å². The summed E-state index contributed by atoms with van der Waals surface area (Å²) in [5, 5.41) is 0. The normalized spacial score (nSPS) is 9.00. The van der Waals surface area contributed by atoms with Gasteiger partial charge in [-0.25, -0.2) is 9.97 Å². The van der Waals surface area contributed by atoms with Crippen molar-refractivity contribution in [2.24, 2.45) is 0 Å². The lowest BCUT2D eigenvalue weighted by atomic mass is 10.5. The van der Waals surface area contributed by atoms with Gasteiger partial charge in [0.15, 0.2) is 6.29 Å². The van der Waals surface area contributed by atoms with Crippen LogP contribution in [0.5, 0.6) is 0 Å². The lowest BCUT2D eigenvalue weighted by Crippen LogP contribution is -1.92. The largest absolute Gasteiger partial charge is 0.296 e. The number of rotatable bonds is 1. The van der Waals surface area contributed by atoms with Gasteiger partial charge in [0.05, 0.1) is 0 Å². The molecule has 0 saturated heterocycles. The maximum Gasteiger partial charge on any atom is 0.171 e. The first kappa shape index (κ1) is 6.60. The smallest absolute Gasteiger partial charge is 0.171 e. The standard InChI is InChI=1S/C5H3IN2O/c6-5-4(3-9)7-1-2-8-5/h1-3H. The minimum Gasteiger partial charge on any atom is -0.296 e. The number of carbonyl (C=O) groups is 1. The molecule has 4 heteroatoms. The Morgan fingerprint density at radius 2 is 2.11 bits per heavy atom. The first-order valence-electron chi connectivity index (χ1n) is 2.26. The summed E-state index contributed by atoms with van der Waals surface area (Å²) in [6, 6.07) is 0. The number of nitrogens with zero attached hydrogens (tertiary/aromatic N) is 2. The third kappa shape index (κ3) is 1.44. The van der Waals surface area contributed by atoms with Gasteiger partial charge in [-0.1, -0.05) is 0 Å². The van der Waals surface area contributed by atoms with Crippen molar-refractivity contribution < 1.29 is 4.79 Å². The van der Waals surface area contributed by atoms with Crippen LogP contribution in [0.2, 0.25) is 0 Å². The predicted octanol–water partition coefficient (Wildman–Crippen LogP) is 0.894. The molecule has 46 valence electrons. The Kier molecular flexibility index (Phi) is 2.10. The second-order valence-electron chi connectivity index (χ2n) is 1.35. The van der Waals surface area contributed by atoms with Crippen LogP contribution >= 0.6 is 22.6 Å². The molecule has 0 amide bonds. The Labute approximate surface area is 65.7 Å². The van der Waals surface area contributed by atoms with Crippen molar-refractivity contribution in [3.63, 3.8) is 0 Å². The first-order valence-corrected chi connectivity index (χ1v) is 3.34. The van der Waals surface area contributed by atoms with E-state index in [0.717, 1.165) is 0 Å². The Morgan fingerprint density at radius 3 is 2.56 bits per heavy atom. The molecule has 1 aromatic rings. The van der Waals surface area contributed by atoms with Crippen molar-refractivity contribution >= 4 is 28.9 Å². The van der Waals surface area contributed by atoms with Crippen LogP contribution < -0.4 is 0 Å². The van der Waals surface area contributed by atoms with Crippen LogP contribution in [0.15, 0.2) is 12.4 Å². The van der Waals surface area contributed by atoms with E-state index in [4.69, 9.17) is 0 Å². The fraction of sp³-hybridized carbons (Fsp3) is 0. The van der Waals surface area contributed by atoms with Crippen molar-refractivity contribution in [2.75, 3.05) is 0 Å². The topological polar surface area (TPSA) is 42.9 Å². The molecule has 0 fully saturated rings. The highest BCUT2D eigenvalue weighted by molar-refractivity contribution is 14.1. The average Bonchev–Trinajstić information content (AvgIpc) is 1.89. The molecule has 0 aliphatic heterocycles. The molecule has 1 rings (SSSR count). The SMILES string of the molecule is O=Cc1nccnc1I. The average molecular weight is 234 g/mol. The van der Waals surface area contributed by atoms with Gasteiger partial charge >= 0.3 is 0 Å². The molecule has 0 saturated carbocycles. The summed E-state index contributed by atoms with van der Waals surface area (Å²) in [6.07, 6.45) is 3.73. The van der Waals surface area contributed by atoms with E-state index in [2.05, 4.69) is 9.97 Å². The number of hydrogen-bond acceptors (Lipinski definition) is 3. The minimum atomic E-state index is 0.401. The Balaban J connectivity index is 3.15. The number of hydrogen-bond donors (Lipinski definition) is 0. The Hall–Kier alpha value is -0.520. The quantitative estimate of drug-likeness (QED) is 0.535. The Morgan fingerprint density at radius 1 is 1.44 bits per heavy atom. The van der Waals surface area contributed by atoms with Gasteiger partial charge < -0.3 is 0 Å². The highest BCUT2D eigenvalue weighted by atomic mass is 127. The van der Waals surface area contributed by atoms with Gasteiger partial charge in [-0.05, 0) is 22.6 Å². The second-order valence-corrected chi connectivity index (χ2v) is 2.37. The summed E-state index contributed by atoms with van der Waals surface area (Å²) >= 11 is 1.96. The van der Waals surface area contributed by atoms with Crippen LogP contribution in [0.4, 0.5) is 0 Å². The number of carbonyl (C=O) groups excluding carboxylic acids is 1. The fourth-order valence-corrected chi connectivity index (χ4v) is 0.838. The maximum atomic E-state index is 10.1. The third-order valence-corrected chi connectivity index (χ3v) is 1.62. The molecule has 0 atom stereocenters. The lowest BCUT2D eigenvalue weighted by molar-refractivity contribution is 0.111. The van der Waals surface area contributed by atoms with E-state index in [1.807, 2.05) is 22.6 Å². The predicted molar refractivity (Wildman–Crippen MR) is 40.1 cm³/mol. The molecular formula is C5H3IN2O. The molecular weight excluding hydrogens is 231 g/mol. The monoisotopic (exact) mass is 234 g/mol. The van der Waals surface area contributed by atoms with Crippen LogP contribution in [0.1, 0.15) is 10.5 Å². The van der Waals surface area contributed by atoms with Gasteiger partial charge in [0.2, 0.25) is 0 Å². The molecule has 0 radical (unpaired) electrons. The molecule has 3 nitrogen and oxygen atoms in total. The van der Waals surface area contributed by atoms with Crippen molar-refractivity contribution in [3.8, 4) is 0 Å². The maximum absolute atomic E-state index is 10.1. The zero-order valence-corrected chi connectivity index (χ0v) is 6.57. The van der Waals surface area contributed by atoms with Gasteiger partial charge in [-0.3, -0.25) is 4.79 Å². The Bertz CT molecular complexity index is 226. The zero-order chi connectivity index (χ0) is 6.69. The third-order valence-electron chi connectivity index (χ3n) is 0.791. The van der Waals surface area contributed by atoms with Crippen molar-refractivity contribution in [1.82, 2.24) is 9.97 Å². The molecule has 0 spiro atoms. The highest BCUT2D eigenvalue weighted by Gasteiger charge is 1.95. The van der Waals surface area contributed by atoms with E-state index in [0.29, 0.717) is 15.7 Å². The van der Waals surface area contributed by atoms with Gasteiger partial charge in [0, 0.05) is 12.4 Å². The fourth-order valence-electron chi connectivity index (χ4n) is 0.411. The summed E-state index contributed by atoms with van der Waals surface area (Å²) in [6.45, 7) is 0. The van der Waals surface area contributed by atoms with E-state index in [9.17, 15) is 4.79 Å². The van der Waals surface area contributed by atoms with E-state index in [-0.39, 0.29) is 0 Å². The van der Waals surface area contributed by atoms with E-state index in [1.165, 1.54) is 6.20 Å². The molecule has 0 unspecified atom stereocenters. The summed E-state index contributed by atoms with van der Waals surface area (Å²) in [7, 11) is 0. The summed E-state index contributed by atoms with van der Waals surface area (Å²) in [5.74, 6) is 0. The molecule has 0 aromatic carbocycles. The van der Waals surface area contributed by atoms with Crippen molar-refractivity contribution in [3.05, 3.63) is 21.8 Å². The van der Waals surface area contributed by atoms with Gasteiger partial charge in [0.1, 0.15) is 9.39 Å². The van der Waals surface area contributed by atoms with Gasteiger partial charge in [0.25, 0.3) is 0 Å². The van der Waals surface area contributed by atoms with E-state index < -0.39 is 0 Å². The molecule has 9 heavy (non-hydrogen) atoms. The van der Waals surface area contributed by atoms with Crippen molar-refractivity contribution in [2.45, 2.75) is 0 Å². The van der Waals surface area contributed by atoms with Gasteiger partial charge in [-0.15, -0.1) is 0 Å². The van der Waals surface area contributed by atoms with Crippen molar-refractivity contribution in [1.29, 1.82) is 0 Å². The van der Waals surface area contributed by atoms with Gasteiger partial charge in [-0.2, -0.15) is 0 Å². The van der Waals surface area contributed by atoms with Crippen LogP contribution in [0.25, 0.3) is 0 Å². The van der Waals surface area contributed by atoms with Crippen LogP contribution in [-0.2, 0) is 0 Å². The molecule has 1 heterocycles. The summed E-state index contributed by atoms with van der Waals surface area (Å²) in [4.78, 5) is 17.7. The van der Waals surface area contributed by atoms with Crippen LogP contribution in [-0.4, -0.2) is 16.3 Å². The summed E-state index contributed by atoms with van der Waals surface area (Å²) < 4.78 is 0.644. The summed E-state index contributed by atoms with van der Waals surface area (Å²) in [5.41, 5.74) is 0.401. The molecule has 1 aromatic heterocycles. The molecule has 0 bridgehead atoms. The molecule has 0 N–H and O–H groups in total. The highest BCUT2D eigenvalue weighted by Crippen LogP contribution is 2.00. The van der Waals surface area contributed by atoms with Crippen LogP contribution in [0.3, 0.4) is 0 Å². The first-order chi connectivity index (χ1) is 4.34. The molecule has 0 aliphatic rings. The van der Waals surface area contributed by atoms with Crippen LogP contribution in [0, 0.1) is 3.70 Å². The number of aldehydes is 1. The number of aromatic nitrogens is 2. The lowest BCUT2D eigenvalue weighted by Gasteiger charge is -1.88. The second kappa shape index (κ2) is 2.86. The number of halogens is 1. The zero-order valence-electron chi connectivity index (χ0n) is 4.41. The van der Waals surface area contributed by atoms with E-state index in [1.54, 1.807) is 6.20 Å². The minimum absolute atomic E-state index is 0.401.